The van der Waals surface area contributed by atoms with Crippen LogP contribution in [-0.2, 0) is 6.54 Å². The summed E-state index contributed by atoms with van der Waals surface area (Å²) < 4.78 is 6.96. The van der Waals surface area contributed by atoms with Crippen molar-refractivity contribution in [2.24, 2.45) is 0 Å². The topological polar surface area (TPSA) is 44.1 Å². The lowest BCUT2D eigenvalue weighted by Crippen LogP contribution is -2.24. The third-order valence-electron chi connectivity index (χ3n) is 3.03. The lowest BCUT2D eigenvalue weighted by atomic mass is 10.1. The molecule has 1 aromatic rings. The van der Waals surface area contributed by atoms with Crippen LogP contribution < -0.4 is 4.74 Å². The van der Waals surface area contributed by atoms with Gasteiger partial charge in [0, 0.05) is 6.54 Å². The van der Waals surface area contributed by atoms with Crippen LogP contribution in [0.1, 0.15) is 36.7 Å². The molecule has 0 N–H and O–H groups in total. The van der Waals surface area contributed by atoms with E-state index < -0.39 is 0 Å². The second-order valence-electron chi connectivity index (χ2n) is 4.10. The Morgan fingerprint density at radius 1 is 1.65 bits per heavy atom. The zero-order valence-corrected chi connectivity index (χ0v) is 11.1. The number of ether oxygens (including phenoxy) is 1. The highest BCUT2D eigenvalue weighted by molar-refractivity contribution is 8.00. The van der Waals surface area contributed by atoms with Gasteiger partial charge in [-0.1, -0.05) is 6.42 Å². The fourth-order valence-electron chi connectivity index (χ4n) is 2.11. The van der Waals surface area contributed by atoms with Crippen LogP contribution in [0.4, 0.5) is 0 Å². The molecule has 4 nitrogen and oxygen atoms in total. The van der Waals surface area contributed by atoms with Crippen molar-refractivity contribution in [1.29, 1.82) is 0 Å². The minimum absolute atomic E-state index is 0.0830. The van der Waals surface area contributed by atoms with Gasteiger partial charge < -0.3 is 4.74 Å². The summed E-state index contributed by atoms with van der Waals surface area (Å²) in [7, 11) is 1.59. The van der Waals surface area contributed by atoms with Crippen molar-refractivity contribution in [3.8, 4) is 5.75 Å². The highest BCUT2D eigenvalue weighted by Crippen LogP contribution is 2.30. The Bertz CT molecular complexity index is 376. The molecule has 1 aromatic heterocycles. The van der Waals surface area contributed by atoms with E-state index in [-0.39, 0.29) is 11.0 Å². The number of aryl methyl sites for hydroxylation is 1. The van der Waals surface area contributed by atoms with E-state index in [1.54, 1.807) is 29.8 Å². The van der Waals surface area contributed by atoms with E-state index in [2.05, 4.69) is 5.10 Å². The van der Waals surface area contributed by atoms with E-state index in [0.717, 1.165) is 18.6 Å². The molecule has 1 unspecified atom stereocenters. The first-order valence-electron chi connectivity index (χ1n) is 6.03. The molecule has 0 bridgehead atoms. The van der Waals surface area contributed by atoms with Crippen LogP contribution >= 0.6 is 11.8 Å². The molecule has 2 rings (SSSR count). The summed E-state index contributed by atoms with van der Waals surface area (Å²) >= 11 is 1.76. The number of rotatable bonds is 4. The van der Waals surface area contributed by atoms with E-state index in [1.165, 1.54) is 6.42 Å². The fraction of sp³-hybridized carbons (Fsp3) is 0.667. The lowest BCUT2D eigenvalue weighted by molar-refractivity contribution is 0.0971. The van der Waals surface area contributed by atoms with Crippen molar-refractivity contribution >= 4 is 17.5 Å². The van der Waals surface area contributed by atoms with Crippen LogP contribution in [0.25, 0.3) is 0 Å². The molecule has 0 aromatic carbocycles. The minimum atomic E-state index is 0.0830. The van der Waals surface area contributed by atoms with E-state index in [9.17, 15) is 4.79 Å². The van der Waals surface area contributed by atoms with Gasteiger partial charge >= 0.3 is 0 Å². The van der Waals surface area contributed by atoms with Crippen molar-refractivity contribution in [1.82, 2.24) is 9.78 Å². The first-order chi connectivity index (χ1) is 8.27. The van der Waals surface area contributed by atoms with Gasteiger partial charge in [0.15, 0.2) is 11.5 Å². The smallest absolute Gasteiger partial charge is 0.197 e. The number of hydrogen-bond acceptors (Lipinski definition) is 4. The molecule has 0 spiro atoms. The van der Waals surface area contributed by atoms with Crippen molar-refractivity contribution < 1.29 is 9.53 Å². The number of carbonyl (C=O) groups is 1. The van der Waals surface area contributed by atoms with Crippen molar-refractivity contribution in [3.05, 3.63) is 11.9 Å². The van der Waals surface area contributed by atoms with E-state index in [0.29, 0.717) is 18.0 Å². The largest absolute Gasteiger partial charge is 0.493 e. The number of aromatic nitrogens is 2. The molecule has 17 heavy (non-hydrogen) atoms. The summed E-state index contributed by atoms with van der Waals surface area (Å²) in [6.45, 7) is 2.68. The SMILES string of the molecule is CCn1ncc(OC)c1C(=O)C1CCCCS1. The van der Waals surface area contributed by atoms with Gasteiger partial charge in [0.05, 0.1) is 18.6 Å². The van der Waals surface area contributed by atoms with Crippen molar-refractivity contribution in [2.45, 2.75) is 38.0 Å². The fourth-order valence-corrected chi connectivity index (χ4v) is 3.36. The molecular weight excluding hydrogens is 236 g/mol. The van der Waals surface area contributed by atoms with Crippen LogP contribution in [-0.4, -0.2) is 33.7 Å². The average Bonchev–Trinajstić information content (AvgIpc) is 2.81. The Labute approximate surface area is 106 Å². The number of hydrogen-bond donors (Lipinski definition) is 0. The summed E-state index contributed by atoms with van der Waals surface area (Å²) in [6, 6.07) is 0. The zero-order chi connectivity index (χ0) is 12.3. The zero-order valence-electron chi connectivity index (χ0n) is 10.3. The molecule has 1 fully saturated rings. The summed E-state index contributed by atoms with van der Waals surface area (Å²) in [5.41, 5.74) is 0.634. The third kappa shape index (κ3) is 2.49. The van der Waals surface area contributed by atoms with Crippen molar-refractivity contribution in [3.63, 3.8) is 0 Å². The molecule has 1 aliphatic rings. The highest BCUT2D eigenvalue weighted by atomic mass is 32.2. The Hall–Kier alpha value is -0.970. The standard InChI is InChI=1S/C12H18N2O2S/c1-3-14-11(9(16-2)8-13-14)12(15)10-6-4-5-7-17-10/h8,10H,3-7H2,1-2H3. The summed E-state index contributed by atoms with van der Waals surface area (Å²) in [6.07, 6.45) is 4.97. The molecule has 1 aliphatic heterocycles. The van der Waals surface area contributed by atoms with Gasteiger partial charge in [-0.25, -0.2) is 0 Å². The summed E-state index contributed by atoms with van der Waals surface area (Å²) in [4.78, 5) is 12.5. The molecular formula is C12H18N2O2S. The number of carbonyl (C=O) groups excluding carboxylic acids is 1. The monoisotopic (exact) mass is 254 g/mol. The summed E-state index contributed by atoms with van der Waals surface area (Å²) in [5.74, 6) is 1.85. The van der Waals surface area contributed by atoms with Crippen LogP contribution in [0.2, 0.25) is 0 Å². The van der Waals surface area contributed by atoms with Crippen LogP contribution in [0, 0.1) is 0 Å². The van der Waals surface area contributed by atoms with Gasteiger partial charge in [-0.3, -0.25) is 9.48 Å². The number of Topliss-reactive ketones (excluding diaryl/α,β-unsaturated/α-hetero) is 1. The number of nitrogens with zero attached hydrogens (tertiary/aromatic N) is 2. The van der Waals surface area contributed by atoms with Crippen LogP contribution in [0.15, 0.2) is 6.20 Å². The molecule has 0 aliphatic carbocycles. The van der Waals surface area contributed by atoms with E-state index in [1.807, 2.05) is 6.92 Å². The maximum atomic E-state index is 12.5. The first-order valence-corrected chi connectivity index (χ1v) is 7.08. The first kappa shape index (κ1) is 12.5. The Kier molecular flexibility index (Phi) is 4.10. The second-order valence-corrected chi connectivity index (χ2v) is 5.41. The Morgan fingerprint density at radius 2 is 2.47 bits per heavy atom. The number of ketones is 1. The lowest BCUT2D eigenvalue weighted by Gasteiger charge is -2.20. The molecule has 94 valence electrons. The predicted octanol–water partition coefficient (Wildman–Crippen LogP) is 2.38. The van der Waals surface area contributed by atoms with Gasteiger partial charge in [-0.15, -0.1) is 0 Å². The molecule has 0 amide bonds. The highest BCUT2D eigenvalue weighted by Gasteiger charge is 2.28. The molecule has 2 heterocycles. The van der Waals surface area contributed by atoms with Gasteiger partial charge in [0.2, 0.25) is 0 Å². The van der Waals surface area contributed by atoms with Gasteiger partial charge in [0.25, 0.3) is 0 Å². The summed E-state index contributed by atoms with van der Waals surface area (Å²) in [5, 5.41) is 4.27. The maximum Gasteiger partial charge on any atom is 0.197 e. The Balaban J connectivity index is 2.24. The van der Waals surface area contributed by atoms with Crippen LogP contribution in [0.3, 0.4) is 0 Å². The Morgan fingerprint density at radius 3 is 3.06 bits per heavy atom. The van der Waals surface area contributed by atoms with Gasteiger partial charge in [-0.05, 0) is 25.5 Å². The van der Waals surface area contributed by atoms with Gasteiger partial charge in [-0.2, -0.15) is 16.9 Å². The number of methoxy groups -OCH3 is 1. The molecule has 5 heteroatoms. The second kappa shape index (κ2) is 5.58. The molecule has 1 atom stereocenters. The minimum Gasteiger partial charge on any atom is -0.493 e. The normalized spacial score (nSPS) is 20.2. The van der Waals surface area contributed by atoms with E-state index in [4.69, 9.17) is 4.74 Å². The molecule has 0 radical (unpaired) electrons. The van der Waals surface area contributed by atoms with Crippen molar-refractivity contribution in [2.75, 3.05) is 12.9 Å². The van der Waals surface area contributed by atoms with Crippen LogP contribution in [0.5, 0.6) is 5.75 Å². The third-order valence-corrected chi connectivity index (χ3v) is 4.41. The molecule has 0 saturated carbocycles. The van der Waals surface area contributed by atoms with Gasteiger partial charge in [0.1, 0.15) is 5.69 Å². The quantitative estimate of drug-likeness (QED) is 0.774. The average molecular weight is 254 g/mol. The predicted molar refractivity (Wildman–Crippen MR) is 68.9 cm³/mol. The maximum absolute atomic E-state index is 12.5. The molecule has 1 saturated heterocycles. The van der Waals surface area contributed by atoms with E-state index >= 15 is 0 Å². The number of thioether (sulfide) groups is 1.